The lowest BCUT2D eigenvalue weighted by Gasteiger charge is -2.12. The summed E-state index contributed by atoms with van der Waals surface area (Å²) in [6, 6.07) is 9.07. The summed E-state index contributed by atoms with van der Waals surface area (Å²) in [5.41, 5.74) is 4.88. The number of hydrogen-bond donors (Lipinski definition) is 1. The van der Waals surface area contributed by atoms with Gasteiger partial charge in [-0.2, -0.15) is 0 Å². The van der Waals surface area contributed by atoms with Crippen LogP contribution in [0.4, 0.5) is 4.39 Å². The van der Waals surface area contributed by atoms with Crippen molar-refractivity contribution in [3.8, 4) is 17.2 Å². The van der Waals surface area contributed by atoms with Crippen LogP contribution in [0.5, 0.6) is 17.2 Å². The highest BCUT2D eigenvalue weighted by Crippen LogP contribution is 2.34. The molecule has 2 rings (SSSR count). The molecule has 0 saturated heterocycles. The summed E-state index contributed by atoms with van der Waals surface area (Å²) in [6.45, 7) is 0. The molecule has 6 heteroatoms. The van der Waals surface area contributed by atoms with Crippen LogP contribution >= 0.6 is 15.9 Å². The fourth-order valence-corrected chi connectivity index (χ4v) is 2.08. The number of carbonyl (C=O) groups is 1. The molecule has 0 aliphatic rings. The Morgan fingerprint density at radius 2 is 2.00 bits per heavy atom. The topological polar surface area (TPSA) is 61.6 Å². The largest absolute Gasteiger partial charge is 0.497 e. The third kappa shape index (κ3) is 2.91. The molecule has 104 valence electrons. The first-order chi connectivity index (χ1) is 9.52. The van der Waals surface area contributed by atoms with E-state index in [-0.39, 0.29) is 11.3 Å². The van der Waals surface area contributed by atoms with Crippen molar-refractivity contribution in [1.82, 2.24) is 0 Å². The summed E-state index contributed by atoms with van der Waals surface area (Å²) in [6.07, 6.45) is 0. The molecule has 0 aliphatic heterocycles. The average Bonchev–Trinajstić information content (AvgIpc) is 2.40. The van der Waals surface area contributed by atoms with Crippen molar-refractivity contribution in [2.45, 2.75) is 0 Å². The van der Waals surface area contributed by atoms with E-state index in [4.69, 9.17) is 15.2 Å². The van der Waals surface area contributed by atoms with E-state index in [1.54, 1.807) is 25.3 Å². The molecule has 0 radical (unpaired) electrons. The highest BCUT2D eigenvalue weighted by atomic mass is 79.9. The van der Waals surface area contributed by atoms with Crippen LogP contribution in [0.25, 0.3) is 0 Å². The fraction of sp³-hybridized carbons (Fsp3) is 0.0714. The summed E-state index contributed by atoms with van der Waals surface area (Å²) < 4.78 is 24.8. The summed E-state index contributed by atoms with van der Waals surface area (Å²) in [4.78, 5) is 11.3. The van der Waals surface area contributed by atoms with Crippen LogP contribution in [-0.2, 0) is 0 Å². The molecule has 0 heterocycles. The quantitative estimate of drug-likeness (QED) is 0.927. The van der Waals surface area contributed by atoms with E-state index < -0.39 is 11.7 Å². The number of nitrogens with two attached hydrogens (primary N) is 1. The maximum Gasteiger partial charge on any atom is 0.255 e. The predicted molar refractivity (Wildman–Crippen MR) is 75.7 cm³/mol. The SMILES string of the molecule is COc1ccc(Oc2cccc(F)c2C(N)=O)c(Br)c1. The molecule has 4 nitrogen and oxygen atoms in total. The minimum absolute atomic E-state index is 0.0587. The first kappa shape index (κ1) is 14.3. The number of amides is 1. The van der Waals surface area contributed by atoms with Crippen LogP contribution in [0.1, 0.15) is 10.4 Å². The van der Waals surface area contributed by atoms with Gasteiger partial charge < -0.3 is 15.2 Å². The summed E-state index contributed by atoms with van der Waals surface area (Å²) in [5, 5.41) is 0. The van der Waals surface area contributed by atoms with Crippen molar-refractivity contribution in [3.63, 3.8) is 0 Å². The van der Waals surface area contributed by atoms with Crippen LogP contribution in [0.15, 0.2) is 40.9 Å². The molecular formula is C14H11BrFNO3. The molecule has 0 atom stereocenters. The first-order valence-corrected chi connectivity index (χ1v) is 6.42. The second kappa shape index (κ2) is 5.92. The number of benzene rings is 2. The van der Waals surface area contributed by atoms with Gasteiger partial charge in [0.1, 0.15) is 28.6 Å². The van der Waals surface area contributed by atoms with Gasteiger partial charge in [-0.1, -0.05) is 6.07 Å². The van der Waals surface area contributed by atoms with Gasteiger partial charge in [0.15, 0.2) is 0 Å². The maximum absolute atomic E-state index is 13.6. The lowest BCUT2D eigenvalue weighted by atomic mass is 10.2. The minimum Gasteiger partial charge on any atom is -0.497 e. The smallest absolute Gasteiger partial charge is 0.255 e. The van der Waals surface area contributed by atoms with E-state index in [2.05, 4.69) is 15.9 Å². The van der Waals surface area contributed by atoms with Crippen LogP contribution in [-0.4, -0.2) is 13.0 Å². The van der Waals surface area contributed by atoms with Gasteiger partial charge in [-0.15, -0.1) is 0 Å². The first-order valence-electron chi connectivity index (χ1n) is 5.62. The number of methoxy groups -OCH3 is 1. The van der Waals surface area contributed by atoms with Gasteiger partial charge in [0.05, 0.1) is 11.6 Å². The number of hydrogen-bond acceptors (Lipinski definition) is 3. The Bertz CT molecular complexity index is 661. The molecule has 0 spiro atoms. The average molecular weight is 340 g/mol. The Morgan fingerprint density at radius 3 is 2.60 bits per heavy atom. The second-order valence-corrected chi connectivity index (χ2v) is 4.73. The molecule has 20 heavy (non-hydrogen) atoms. The zero-order valence-electron chi connectivity index (χ0n) is 10.5. The van der Waals surface area contributed by atoms with Crippen molar-refractivity contribution in [1.29, 1.82) is 0 Å². The molecule has 0 saturated carbocycles. The van der Waals surface area contributed by atoms with Gasteiger partial charge in [0.2, 0.25) is 0 Å². The summed E-state index contributed by atoms with van der Waals surface area (Å²) >= 11 is 3.31. The second-order valence-electron chi connectivity index (χ2n) is 3.88. The molecule has 0 fully saturated rings. The number of rotatable bonds is 4. The molecule has 2 aromatic carbocycles. The number of carbonyl (C=O) groups excluding carboxylic acids is 1. The van der Waals surface area contributed by atoms with Crippen LogP contribution < -0.4 is 15.2 Å². The van der Waals surface area contributed by atoms with Gasteiger partial charge in [0.25, 0.3) is 5.91 Å². The molecule has 0 bridgehead atoms. The van der Waals surface area contributed by atoms with Crippen molar-refractivity contribution >= 4 is 21.8 Å². The number of halogens is 2. The monoisotopic (exact) mass is 339 g/mol. The lowest BCUT2D eigenvalue weighted by molar-refractivity contribution is 0.0994. The Hall–Kier alpha value is -2.08. The van der Waals surface area contributed by atoms with Crippen LogP contribution in [0.3, 0.4) is 0 Å². The van der Waals surface area contributed by atoms with E-state index in [9.17, 15) is 9.18 Å². The van der Waals surface area contributed by atoms with E-state index in [0.717, 1.165) is 6.07 Å². The maximum atomic E-state index is 13.6. The third-order valence-corrected chi connectivity index (χ3v) is 3.20. The normalized spacial score (nSPS) is 10.2. The van der Waals surface area contributed by atoms with Crippen molar-refractivity contribution < 1.29 is 18.7 Å². The highest BCUT2D eigenvalue weighted by Gasteiger charge is 2.16. The highest BCUT2D eigenvalue weighted by molar-refractivity contribution is 9.10. The Morgan fingerprint density at radius 1 is 1.25 bits per heavy atom. The minimum atomic E-state index is -0.886. The zero-order valence-corrected chi connectivity index (χ0v) is 12.1. The van der Waals surface area contributed by atoms with E-state index >= 15 is 0 Å². The van der Waals surface area contributed by atoms with Crippen molar-refractivity contribution in [2.24, 2.45) is 5.73 Å². The van der Waals surface area contributed by atoms with Gasteiger partial charge in [-0.25, -0.2) is 4.39 Å². The van der Waals surface area contributed by atoms with Crippen LogP contribution in [0.2, 0.25) is 0 Å². The Labute approximate surface area is 123 Å². The molecular weight excluding hydrogens is 329 g/mol. The van der Waals surface area contributed by atoms with Gasteiger partial charge in [-0.05, 0) is 46.3 Å². The van der Waals surface area contributed by atoms with E-state index in [1.807, 2.05) is 0 Å². The van der Waals surface area contributed by atoms with Gasteiger partial charge in [0, 0.05) is 0 Å². The standard InChI is InChI=1S/C14H11BrFNO3/c1-19-8-5-6-11(9(15)7-8)20-12-4-2-3-10(16)13(12)14(17)18/h2-7H,1H3,(H2,17,18). The molecule has 0 aromatic heterocycles. The molecule has 0 unspecified atom stereocenters. The lowest BCUT2D eigenvalue weighted by Crippen LogP contribution is -2.14. The Kier molecular flexibility index (Phi) is 4.24. The predicted octanol–water partition coefficient (Wildman–Crippen LogP) is 3.49. The van der Waals surface area contributed by atoms with Crippen LogP contribution in [0, 0.1) is 5.82 Å². The number of primary amides is 1. The third-order valence-electron chi connectivity index (χ3n) is 2.58. The van der Waals surface area contributed by atoms with E-state index in [0.29, 0.717) is 16.0 Å². The molecule has 0 aliphatic carbocycles. The number of ether oxygens (including phenoxy) is 2. The van der Waals surface area contributed by atoms with Crippen molar-refractivity contribution in [2.75, 3.05) is 7.11 Å². The molecule has 2 aromatic rings. The van der Waals surface area contributed by atoms with Gasteiger partial charge >= 0.3 is 0 Å². The zero-order chi connectivity index (χ0) is 14.7. The Balaban J connectivity index is 2.40. The molecule has 1 amide bonds. The summed E-state index contributed by atoms with van der Waals surface area (Å²) in [7, 11) is 1.54. The fourth-order valence-electron chi connectivity index (χ4n) is 1.64. The molecule has 2 N–H and O–H groups in total. The summed E-state index contributed by atoms with van der Waals surface area (Å²) in [5.74, 6) is -0.497. The van der Waals surface area contributed by atoms with Crippen molar-refractivity contribution in [3.05, 3.63) is 52.3 Å². The van der Waals surface area contributed by atoms with Gasteiger partial charge in [-0.3, -0.25) is 4.79 Å². The van der Waals surface area contributed by atoms with E-state index in [1.165, 1.54) is 12.1 Å².